The zero-order valence-electron chi connectivity index (χ0n) is 14.8. The predicted octanol–water partition coefficient (Wildman–Crippen LogP) is 2.12. The smallest absolute Gasteiger partial charge is 0.273 e. The summed E-state index contributed by atoms with van der Waals surface area (Å²) in [5, 5.41) is 0. The van der Waals surface area contributed by atoms with Crippen LogP contribution in [-0.4, -0.2) is 26.0 Å². The lowest BCUT2D eigenvalue weighted by molar-refractivity contribution is 0.0845. The molecule has 0 spiro atoms. The normalized spacial score (nSPS) is 11.0. The van der Waals surface area contributed by atoms with Crippen LogP contribution in [0.15, 0.2) is 34.7 Å². The number of carbonyl (C=O) groups excluding carboxylic acids is 2. The zero-order chi connectivity index (χ0) is 19.3. The van der Waals surface area contributed by atoms with Gasteiger partial charge >= 0.3 is 0 Å². The van der Waals surface area contributed by atoms with Crippen LogP contribution in [0.3, 0.4) is 0 Å². The predicted molar refractivity (Wildman–Crippen MR) is 97.3 cm³/mol. The molecule has 26 heavy (non-hydrogen) atoms. The molecule has 2 rings (SSSR count). The first kappa shape index (κ1) is 19.5. The molecule has 140 valence electrons. The minimum Gasteiger partial charge on any atom is -0.466 e. The standard InChI is InChI=1S/C17H21N3O5S/c1-4-8-26(23,24)20-14-7-5-6-13(10-14)16(21)18-19-17(22)15-9-11(2)25-12(15)3/h5-7,9-10,20H,4,8H2,1-3H3,(H,18,21)(H,19,22). The Balaban J connectivity index is 2.02. The number of hydrogen-bond donors (Lipinski definition) is 3. The zero-order valence-corrected chi connectivity index (χ0v) is 15.6. The second-order valence-electron chi connectivity index (χ2n) is 5.74. The highest BCUT2D eigenvalue weighted by molar-refractivity contribution is 7.92. The molecule has 0 saturated carbocycles. The Labute approximate surface area is 152 Å². The first-order valence-electron chi connectivity index (χ1n) is 8.00. The Morgan fingerprint density at radius 1 is 1.08 bits per heavy atom. The third-order valence-electron chi connectivity index (χ3n) is 3.45. The first-order valence-corrected chi connectivity index (χ1v) is 9.65. The van der Waals surface area contributed by atoms with Crippen molar-refractivity contribution < 1.29 is 22.4 Å². The molecule has 9 heteroatoms. The molecular weight excluding hydrogens is 358 g/mol. The molecule has 0 aliphatic heterocycles. The van der Waals surface area contributed by atoms with E-state index in [-0.39, 0.29) is 17.0 Å². The van der Waals surface area contributed by atoms with E-state index in [2.05, 4.69) is 15.6 Å². The van der Waals surface area contributed by atoms with Gasteiger partial charge in [-0.05, 0) is 44.5 Å². The number of hydrogen-bond acceptors (Lipinski definition) is 5. The summed E-state index contributed by atoms with van der Waals surface area (Å²) in [5.41, 5.74) is 5.39. The summed E-state index contributed by atoms with van der Waals surface area (Å²) in [4.78, 5) is 24.3. The van der Waals surface area contributed by atoms with E-state index in [9.17, 15) is 18.0 Å². The summed E-state index contributed by atoms with van der Waals surface area (Å²) in [6.45, 7) is 5.12. The molecule has 0 unspecified atom stereocenters. The second-order valence-corrected chi connectivity index (χ2v) is 7.58. The van der Waals surface area contributed by atoms with E-state index in [4.69, 9.17) is 4.42 Å². The van der Waals surface area contributed by atoms with Gasteiger partial charge in [0.2, 0.25) is 10.0 Å². The number of hydrazine groups is 1. The van der Waals surface area contributed by atoms with Gasteiger partial charge in [-0.15, -0.1) is 0 Å². The molecule has 1 aromatic heterocycles. The van der Waals surface area contributed by atoms with Crippen LogP contribution in [0.5, 0.6) is 0 Å². The number of rotatable bonds is 6. The quantitative estimate of drug-likeness (QED) is 0.665. The van der Waals surface area contributed by atoms with E-state index in [1.165, 1.54) is 12.1 Å². The van der Waals surface area contributed by atoms with Crippen molar-refractivity contribution in [3.8, 4) is 0 Å². The van der Waals surface area contributed by atoms with Crippen molar-refractivity contribution in [2.24, 2.45) is 0 Å². The number of amides is 2. The molecular formula is C17H21N3O5S. The van der Waals surface area contributed by atoms with Gasteiger partial charge < -0.3 is 4.42 Å². The molecule has 0 bridgehead atoms. The molecule has 0 atom stereocenters. The van der Waals surface area contributed by atoms with Crippen LogP contribution in [0.25, 0.3) is 0 Å². The largest absolute Gasteiger partial charge is 0.466 e. The van der Waals surface area contributed by atoms with Gasteiger partial charge in [0.1, 0.15) is 11.5 Å². The van der Waals surface area contributed by atoms with Gasteiger partial charge in [0.25, 0.3) is 11.8 Å². The third kappa shape index (κ3) is 5.09. The van der Waals surface area contributed by atoms with Crippen molar-refractivity contribution in [2.45, 2.75) is 27.2 Å². The number of carbonyl (C=O) groups is 2. The summed E-state index contributed by atoms with van der Waals surface area (Å²) in [6, 6.07) is 7.55. The SMILES string of the molecule is CCCS(=O)(=O)Nc1cccc(C(=O)NNC(=O)c2cc(C)oc2C)c1. The van der Waals surface area contributed by atoms with E-state index in [1.807, 2.05) is 0 Å². The molecule has 0 aliphatic rings. The molecule has 0 saturated heterocycles. The Morgan fingerprint density at radius 3 is 2.38 bits per heavy atom. The lowest BCUT2D eigenvalue weighted by Crippen LogP contribution is -2.41. The molecule has 2 amide bonds. The average molecular weight is 379 g/mol. The van der Waals surface area contributed by atoms with Gasteiger partial charge in [0.15, 0.2) is 0 Å². The minimum absolute atomic E-state index is 0.0110. The molecule has 8 nitrogen and oxygen atoms in total. The maximum Gasteiger partial charge on any atom is 0.273 e. The molecule has 3 N–H and O–H groups in total. The number of furan rings is 1. The van der Waals surface area contributed by atoms with Crippen molar-refractivity contribution in [2.75, 3.05) is 10.5 Å². The van der Waals surface area contributed by atoms with E-state index >= 15 is 0 Å². The molecule has 0 fully saturated rings. The molecule has 0 aliphatic carbocycles. The number of benzene rings is 1. The maximum absolute atomic E-state index is 12.2. The lowest BCUT2D eigenvalue weighted by Gasteiger charge is -2.10. The molecule has 1 aromatic carbocycles. The number of sulfonamides is 1. The highest BCUT2D eigenvalue weighted by atomic mass is 32.2. The highest BCUT2D eigenvalue weighted by Gasteiger charge is 2.15. The third-order valence-corrected chi connectivity index (χ3v) is 4.94. The second kappa shape index (κ2) is 8.05. The van der Waals surface area contributed by atoms with E-state index < -0.39 is 21.8 Å². The van der Waals surface area contributed by atoms with Crippen molar-refractivity contribution in [1.29, 1.82) is 0 Å². The van der Waals surface area contributed by atoms with Gasteiger partial charge in [0.05, 0.1) is 11.3 Å². The number of aryl methyl sites for hydroxylation is 2. The topological polar surface area (TPSA) is 118 Å². The maximum atomic E-state index is 12.2. The summed E-state index contributed by atoms with van der Waals surface area (Å²) in [5.74, 6) is -0.0592. The first-order chi connectivity index (χ1) is 12.2. The van der Waals surface area contributed by atoms with Gasteiger partial charge in [-0.3, -0.25) is 25.2 Å². The Bertz CT molecular complexity index is 918. The minimum atomic E-state index is -3.45. The fourth-order valence-electron chi connectivity index (χ4n) is 2.33. The Hall–Kier alpha value is -2.81. The lowest BCUT2D eigenvalue weighted by atomic mass is 10.2. The van der Waals surface area contributed by atoms with E-state index in [1.54, 1.807) is 39.0 Å². The fourth-order valence-corrected chi connectivity index (χ4v) is 3.46. The van der Waals surface area contributed by atoms with Gasteiger partial charge in [0, 0.05) is 11.3 Å². The van der Waals surface area contributed by atoms with Crippen molar-refractivity contribution >= 4 is 27.5 Å². The van der Waals surface area contributed by atoms with Crippen LogP contribution in [0, 0.1) is 13.8 Å². The van der Waals surface area contributed by atoms with Crippen LogP contribution >= 0.6 is 0 Å². The average Bonchev–Trinajstić information content (AvgIpc) is 2.90. The Morgan fingerprint density at radius 2 is 1.77 bits per heavy atom. The van der Waals surface area contributed by atoms with Crippen molar-refractivity contribution in [3.05, 3.63) is 53.0 Å². The van der Waals surface area contributed by atoms with Crippen molar-refractivity contribution in [1.82, 2.24) is 10.9 Å². The van der Waals surface area contributed by atoms with Gasteiger partial charge in [-0.2, -0.15) is 0 Å². The van der Waals surface area contributed by atoms with Crippen LogP contribution < -0.4 is 15.6 Å². The van der Waals surface area contributed by atoms with Gasteiger partial charge in [-0.1, -0.05) is 13.0 Å². The molecule has 0 radical (unpaired) electrons. The summed E-state index contributed by atoms with van der Waals surface area (Å²) >= 11 is 0. The summed E-state index contributed by atoms with van der Waals surface area (Å²) in [6.07, 6.45) is 0.481. The Kier molecular flexibility index (Phi) is 6.04. The van der Waals surface area contributed by atoms with Crippen molar-refractivity contribution in [3.63, 3.8) is 0 Å². The van der Waals surface area contributed by atoms with E-state index in [0.717, 1.165) is 0 Å². The summed E-state index contributed by atoms with van der Waals surface area (Å²) in [7, 11) is -3.45. The highest BCUT2D eigenvalue weighted by Crippen LogP contribution is 2.14. The van der Waals surface area contributed by atoms with Crippen LogP contribution in [-0.2, 0) is 10.0 Å². The summed E-state index contributed by atoms with van der Waals surface area (Å²) < 4.78 is 31.3. The van der Waals surface area contributed by atoms with Crippen LogP contribution in [0.4, 0.5) is 5.69 Å². The van der Waals surface area contributed by atoms with Crippen LogP contribution in [0.2, 0.25) is 0 Å². The van der Waals surface area contributed by atoms with Gasteiger partial charge in [-0.25, -0.2) is 8.42 Å². The number of anilines is 1. The fraction of sp³-hybridized carbons (Fsp3) is 0.294. The number of nitrogens with one attached hydrogen (secondary N) is 3. The molecule has 2 aromatic rings. The van der Waals surface area contributed by atoms with Crippen LogP contribution in [0.1, 0.15) is 45.6 Å². The molecule has 1 heterocycles. The van der Waals surface area contributed by atoms with E-state index in [0.29, 0.717) is 23.5 Å². The monoisotopic (exact) mass is 379 g/mol.